The number of ketones is 1. The number of hydrogen-bond donors (Lipinski definition) is 0. The Balaban J connectivity index is 2.80. The molecule has 0 aliphatic heterocycles. The first kappa shape index (κ1) is 9.58. The Kier molecular flexibility index (Phi) is 2.90. The van der Waals surface area contributed by atoms with Gasteiger partial charge in [0.1, 0.15) is 0 Å². The lowest BCUT2D eigenvalue weighted by Crippen LogP contribution is -2.07. The van der Waals surface area contributed by atoms with Gasteiger partial charge in [0.25, 0.3) is 0 Å². The molecule has 1 aromatic rings. The first-order valence-corrected chi connectivity index (χ1v) is 4.04. The van der Waals surface area contributed by atoms with Gasteiger partial charge in [0.05, 0.1) is 6.26 Å². The largest absolute Gasteiger partial charge is 0.461 e. The SMILES string of the molecule is C/C(=C\N(C)C)C(=O)c1ccco1. The molecule has 0 amide bonds. The van der Waals surface area contributed by atoms with E-state index in [9.17, 15) is 4.79 Å². The number of carbonyl (C=O) groups is 1. The Morgan fingerprint density at radius 1 is 1.54 bits per heavy atom. The molecule has 13 heavy (non-hydrogen) atoms. The van der Waals surface area contributed by atoms with Crippen molar-refractivity contribution in [1.29, 1.82) is 0 Å². The molecule has 1 heterocycles. The second kappa shape index (κ2) is 3.94. The molecule has 1 rings (SSSR count). The summed E-state index contributed by atoms with van der Waals surface area (Å²) in [5, 5.41) is 0. The summed E-state index contributed by atoms with van der Waals surface area (Å²) in [5.74, 6) is 0.314. The van der Waals surface area contributed by atoms with Crippen molar-refractivity contribution in [2.24, 2.45) is 0 Å². The highest BCUT2D eigenvalue weighted by Gasteiger charge is 2.10. The molecule has 3 heteroatoms. The van der Waals surface area contributed by atoms with Crippen molar-refractivity contribution in [2.45, 2.75) is 6.92 Å². The molecule has 1 aromatic heterocycles. The van der Waals surface area contributed by atoms with Gasteiger partial charge in [-0.1, -0.05) is 0 Å². The Bertz CT molecular complexity index is 310. The summed E-state index contributed by atoms with van der Waals surface area (Å²) >= 11 is 0. The molecular formula is C10H13NO2. The fraction of sp³-hybridized carbons (Fsp3) is 0.300. The van der Waals surface area contributed by atoms with E-state index in [1.807, 2.05) is 19.0 Å². The number of hydrogen-bond acceptors (Lipinski definition) is 3. The third-order valence-electron chi connectivity index (χ3n) is 1.55. The van der Waals surface area contributed by atoms with E-state index < -0.39 is 0 Å². The van der Waals surface area contributed by atoms with Crippen LogP contribution in [0.25, 0.3) is 0 Å². The molecular weight excluding hydrogens is 166 g/mol. The third-order valence-corrected chi connectivity index (χ3v) is 1.55. The zero-order valence-corrected chi connectivity index (χ0v) is 8.07. The van der Waals surface area contributed by atoms with Crippen LogP contribution in [0.15, 0.2) is 34.6 Å². The molecule has 0 aliphatic rings. The van der Waals surface area contributed by atoms with Crippen LogP contribution < -0.4 is 0 Å². The van der Waals surface area contributed by atoms with Crippen LogP contribution in [0, 0.1) is 0 Å². The van der Waals surface area contributed by atoms with Crippen molar-refractivity contribution in [2.75, 3.05) is 14.1 Å². The van der Waals surface area contributed by atoms with E-state index in [0.717, 1.165) is 0 Å². The maximum atomic E-state index is 11.6. The van der Waals surface area contributed by atoms with Crippen LogP contribution in [-0.2, 0) is 0 Å². The Morgan fingerprint density at radius 3 is 2.69 bits per heavy atom. The van der Waals surface area contributed by atoms with Gasteiger partial charge in [-0.25, -0.2) is 0 Å². The molecule has 3 nitrogen and oxygen atoms in total. The van der Waals surface area contributed by atoms with Crippen LogP contribution in [0.4, 0.5) is 0 Å². The van der Waals surface area contributed by atoms with Gasteiger partial charge in [-0.05, 0) is 19.1 Å². The Morgan fingerprint density at radius 2 is 2.23 bits per heavy atom. The maximum absolute atomic E-state index is 11.6. The molecule has 0 aromatic carbocycles. The van der Waals surface area contributed by atoms with Gasteiger partial charge in [0, 0.05) is 25.9 Å². The number of nitrogens with zero attached hydrogens (tertiary/aromatic N) is 1. The Labute approximate surface area is 77.6 Å². The van der Waals surface area contributed by atoms with Crippen LogP contribution in [0.5, 0.6) is 0 Å². The normalized spacial score (nSPS) is 11.5. The molecule has 0 unspecified atom stereocenters. The molecule has 0 aliphatic carbocycles. The minimum Gasteiger partial charge on any atom is -0.461 e. The lowest BCUT2D eigenvalue weighted by molar-refractivity contribution is 0.100. The topological polar surface area (TPSA) is 33.5 Å². The molecule has 0 N–H and O–H groups in total. The average molecular weight is 179 g/mol. The lowest BCUT2D eigenvalue weighted by Gasteiger charge is -2.05. The highest BCUT2D eigenvalue weighted by atomic mass is 16.3. The number of furan rings is 1. The molecule has 0 saturated heterocycles. The van der Waals surface area contributed by atoms with Crippen LogP contribution >= 0.6 is 0 Å². The maximum Gasteiger partial charge on any atom is 0.225 e. The summed E-state index contributed by atoms with van der Waals surface area (Å²) in [4.78, 5) is 13.4. The van der Waals surface area contributed by atoms with Crippen LogP contribution in [0.1, 0.15) is 17.5 Å². The van der Waals surface area contributed by atoms with Gasteiger partial charge in [-0.15, -0.1) is 0 Å². The number of carbonyl (C=O) groups excluding carboxylic acids is 1. The average Bonchev–Trinajstić information content (AvgIpc) is 2.53. The zero-order chi connectivity index (χ0) is 9.84. The van der Waals surface area contributed by atoms with E-state index in [4.69, 9.17) is 4.42 Å². The van der Waals surface area contributed by atoms with E-state index >= 15 is 0 Å². The summed E-state index contributed by atoms with van der Waals surface area (Å²) in [5.41, 5.74) is 0.667. The second-order valence-electron chi connectivity index (χ2n) is 3.08. The highest BCUT2D eigenvalue weighted by molar-refractivity contribution is 6.06. The van der Waals surface area contributed by atoms with E-state index in [1.54, 1.807) is 25.3 Å². The van der Waals surface area contributed by atoms with E-state index in [0.29, 0.717) is 11.3 Å². The summed E-state index contributed by atoms with van der Waals surface area (Å²) in [7, 11) is 3.75. The number of Topliss-reactive ketones (excluding diaryl/α,β-unsaturated/α-hetero) is 1. The number of allylic oxidation sites excluding steroid dienone is 1. The van der Waals surface area contributed by atoms with Crippen molar-refractivity contribution >= 4 is 5.78 Å². The second-order valence-corrected chi connectivity index (χ2v) is 3.08. The third kappa shape index (κ3) is 2.47. The van der Waals surface area contributed by atoms with E-state index in [-0.39, 0.29) is 5.78 Å². The lowest BCUT2D eigenvalue weighted by atomic mass is 10.1. The molecule has 0 radical (unpaired) electrons. The van der Waals surface area contributed by atoms with Crippen molar-refractivity contribution < 1.29 is 9.21 Å². The van der Waals surface area contributed by atoms with Gasteiger partial charge in [0.2, 0.25) is 5.78 Å². The predicted molar refractivity (Wildman–Crippen MR) is 50.5 cm³/mol. The van der Waals surface area contributed by atoms with Crippen LogP contribution in [0.2, 0.25) is 0 Å². The van der Waals surface area contributed by atoms with Gasteiger partial charge >= 0.3 is 0 Å². The molecule has 0 fully saturated rings. The first-order valence-electron chi connectivity index (χ1n) is 4.04. The van der Waals surface area contributed by atoms with Crippen molar-refractivity contribution in [3.8, 4) is 0 Å². The van der Waals surface area contributed by atoms with Gasteiger partial charge in [0.15, 0.2) is 5.76 Å². The highest BCUT2D eigenvalue weighted by Crippen LogP contribution is 2.08. The minimum absolute atomic E-state index is 0.0706. The molecule has 0 saturated carbocycles. The quantitative estimate of drug-likeness (QED) is 0.525. The summed E-state index contributed by atoms with van der Waals surface area (Å²) in [6.45, 7) is 1.77. The monoisotopic (exact) mass is 179 g/mol. The molecule has 0 spiro atoms. The fourth-order valence-corrected chi connectivity index (χ4v) is 1.05. The zero-order valence-electron chi connectivity index (χ0n) is 8.07. The van der Waals surface area contributed by atoms with E-state index in [1.165, 1.54) is 6.26 Å². The fourth-order valence-electron chi connectivity index (χ4n) is 1.05. The van der Waals surface area contributed by atoms with E-state index in [2.05, 4.69) is 0 Å². The first-order chi connectivity index (χ1) is 6.11. The Hall–Kier alpha value is -1.51. The summed E-state index contributed by atoms with van der Waals surface area (Å²) in [6, 6.07) is 3.37. The predicted octanol–water partition coefficient (Wildman–Crippen LogP) is 1.93. The minimum atomic E-state index is -0.0706. The molecule has 70 valence electrons. The van der Waals surface area contributed by atoms with Gasteiger partial charge < -0.3 is 9.32 Å². The molecule has 0 atom stereocenters. The van der Waals surface area contributed by atoms with Gasteiger partial charge in [-0.3, -0.25) is 4.79 Å². The van der Waals surface area contributed by atoms with Crippen molar-refractivity contribution in [3.05, 3.63) is 35.9 Å². The molecule has 0 bridgehead atoms. The standard InChI is InChI=1S/C10H13NO2/c1-8(7-11(2)3)10(12)9-5-4-6-13-9/h4-7H,1-3H3/b8-7+. The van der Waals surface area contributed by atoms with Crippen LogP contribution in [-0.4, -0.2) is 24.8 Å². The van der Waals surface area contributed by atoms with Crippen molar-refractivity contribution in [1.82, 2.24) is 4.90 Å². The van der Waals surface area contributed by atoms with Crippen LogP contribution in [0.3, 0.4) is 0 Å². The summed E-state index contributed by atoms with van der Waals surface area (Å²) in [6.07, 6.45) is 3.26. The summed E-state index contributed by atoms with van der Waals surface area (Å²) < 4.78 is 4.99. The van der Waals surface area contributed by atoms with Crippen molar-refractivity contribution in [3.63, 3.8) is 0 Å². The smallest absolute Gasteiger partial charge is 0.225 e. The van der Waals surface area contributed by atoms with Gasteiger partial charge in [-0.2, -0.15) is 0 Å². The number of rotatable bonds is 3.